The van der Waals surface area contributed by atoms with E-state index >= 15 is 0 Å². The van der Waals surface area contributed by atoms with Crippen LogP contribution in [0.25, 0.3) is 5.69 Å². The Balaban J connectivity index is 2.02. The first-order valence-electron chi connectivity index (χ1n) is 8.55. The van der Waals surface area contributed by atoms with E-state index in [1.54, 1.807) is 18.2 Å². The van der Waals surface area contributed by atoms with Gasteiger partial charge in [-0.15, -0.1) is 0 Å². The van der Waals surface area contributed by atoms with Gasteiger partial charge in [0.15, 0.2) is 5.56 Å². The van der Waals surface area contributed by atoms with Crippen molar-refractivity contribution in [2.45, 2.75) is 38.1 Å². The molecule has 26 heavy (non-hydrogen) atoms. The number of hydrogen-bond donors (Lipinski definition) is 3. The first-order valence-corrected chi connectivity index (χ1v) is 8.55. The second kappa shape index (κ2) is 7.47. The van der Waals surface area contributed by atoms with E-state index in [9.17, 15) is 19.5 Å². The van der Waals surface area contributed by atoms with E-state index in [1.165, 1.54) is 13.2 Å². The van der Waals surface area contributed by atoms with E-state index in [2.05, 4.69) is 10.3 Å². The Labute approximate surface area is 149 Å². The topological polar surface area (TPSA) is 113 Å². The molecule has 1 amide bonds. The molecule has 1 aliphatic carbocycles. The van der Waals surface area contributed by atoms with Gasteiger partial charge < -0.3 is 15.2 Å². The SMILES string of the molecule is COc1cccc(-n2c(O)c(C(=O)NC3CCCCC3)c(=O)[nH]c2=O)c1. The highest BCUT2D eigenvalue weighted by molar-refractivity contribution is 5.96. The van der Waals surface area contributed by atoms with Gasteiger partial charge in [0.05, 0.1) is 12.8 Å². The molecule has 2 aromatic rings. The van der Waals surface area contributed by atoms with Crippen LogP contribution in [0.4, 0.5) is 0 Å². The smallest absolute Gasteiger partial charge is 0.335 e. The number of benzene rings is 1. The maximum atomic E-state index is 12.5. The zero-order valence-corrected chi connectivity index (χ0v) is 14.4. The van der Waals surface area contributed by atoms with Crippen molar-refractivity contribution in [3.63, 3.8) is 0 Å². The largest absolute Gasteiger partial charge is 0.497 e. The van der Waals surface area contributed by atoms with Crippen molar-refractivity contribution in [3.8, 4) is 17.3 Å². The van der Waals surface area contributed by atoms with Gasteiger partial charge in [-0.25, -0.2) is 9.36 Å². The molecule has 138 valence electrons. The molecule has 1 heterocycles. The third kappa shape index (κ3) is 3.49. The average molecular weight is 359 g/mol. The van der Waals surface area contributed by atoms with Crippen molar-refractivity contribution >= 4 is 5.91 Å². The van der Waals surface area contributed by atoms with Gasteiger partial charge in [0.2, 0.25) is 5.88 Å². The summed E-state index contributed by atoms with van der Waals surface area (Å²) in [5.41, 5.74) is -1.96. The van der Waals surface area contributed by atoms with Crippen LogP contribution >= 0.6 is 0 Å². The van der Waals surface area contributed by atoms with Crippen LogP contribution in [0.2, 0.25) is 0 Å². The standard InChI is InChI=1S/C18H21N3O5/c1-26-13-9-5-8-12(10-13)21-17(24)14(16(23)20-18(21)25)15(22)19-11-6-3-2-4-7-11/h5,8-11,24H,2-4,6-7H2,1H3,(H,19,22)(H,20,23,25). The summed E-state index contributed by atoms with van der Waals surface area (Å²) in [7, 11) is 1.47. The van der Waals surface area contributed by atoms with Crippen LogP contribution in [0.15, 0.2) is 33.9 Å². The monoisotopic (exact) mass is 359 g/mol. The van der Waals surface area contributed by atoms with Gasteiger partial charge in [0.25, 0.3) is 11.5 Å². The van der Waals surface area contributed by atoms with Crippen LogP contribution in [-0.4, -0.2) is 33.7 Å². The molecule has 0 saturated heterocycles. The molecule has 8 heteroatoms. The lowest BCUT2D eigenvalue weighted by Crippen LogP contribution is -2.41. The second-order valence-corrected chi connectivity index (χ2v) is 6.30. The Morgan fingerprint density at radius 2 is 2.00 bits per heavy atom. The van der Waals surface area contributed by atoms with Crippen LogP contribution in [0.1, 0.15) is 42.5 Å². The summed E-state index contributed by atoms with van der Waals surface area (Å²) in [5, 5.41) is 13.3. The molecule has 3 N–H and O–H groups in total. The van der Waals surface area contributed by atoms with Crippen LogP contribution < -0.4 is 21.3 Å². The van der Waals surface area contributed by atoms with Crippen molar-refractivity contribution in [2.24, 2.45) is 0 Å². The maximum absolute atomic E-state index is 12.5. The quantitative estimate of drug-likeness (QED) is 0.761. The Kier molecular flexibility index (Phi) is 5.11. The fraction of sp³-hybridized carbons (Fsp3) is 0.389. The lowest BCUT2D eigenvalue weighted by molar-refractivity contribution is 0.0922. The van der Waals surface area contributed by atoms with Crippen LogP contribution in [0.5, 0.6) is 11.6 Å². The van der Waals surface area contributed by atoms with E-state index in [-0.39, 0.29) is 11.7 Å². The summed E-state index contributed by atoms with van der Waals surface area (Å²) in [6.07, 6.45) is 4.81. The molecule has 1 fully saturated rings. The molecule has 1 saturated carbocycles. The zero-order chi connectivity index (χ0) is 18.7. The molecule has 1 aromatic carbocycles. The predicted octanol–water partition coefficient (Wildman–Crippen LogP) is 1.30. The van der Waals surface area contributed by atoms with E-state index in [0.717, 1.165) is 36.7 Å². The molecule has 0 aliphatic heterocycles. The molecule has 8 nitrogen and oxygen atoms in total. The highest BCUT2D eigenvalue weighted by Crippen LogP contribution is 2.22. The molecule has 0 radical (unpaired) electrons. The summed E-state index contributed by atoms with van der Waals surface area (Å²) in [6.45, 7) is 0. The summed E-state index contributed by atoms with van der Waals surface area (Å²) in [5.74, 6) is -0.916. The number of aromatic hydroxyl groups is 1. The zero-order valence-electron chi connectivity index (χ0n) is 14.4. The fourth-order valence-electron chi connectivity index (χ4n) is 3.22. The number of ether oxygens (including phenoxy) is 1. The van der Waals surface area contributed by atoms with Gasteiger partial charge >= 0.3 is 5.69 Å². The number of nitrogens with zero attached hydrogens (tertiary/aromatic N) is 1. The van der Waals surface area contributed by atoms with E-state index in [0.29, 0.717) is 5.75 Å². The fourth-order valence-corrected chi connectivity index (χ4v) is 3.22. The van der Waals surface area contributed by atoms with Crippen molar-refractivity contribution in [2.75, 3.05) is 7.11 Å². The first kappa shape index (κ1) is 17.8. The highest BCUT2D eigenvalue weighted by atomic mass is 16.5. The lowest BCUT2D eigenvalue weighted by Gasteiger charge is -2.22. The molecule has 3 rings (SSSR count). The van der Waals surface area contributed by atoms with Crippen LogP contribution in [0, 0.1) is 0 Å². The van der Waals surface area contributed by atoms with Crippen molar-refractivity contribution in [1.29, 1.82) is 0 Å². The van der Waals surface area contributed by atoms with Gasteiger partial charge in [-0.2, -0.15) is 0 Å². The molecule has 0 atom stereocenters. The highest BCUT2D eigenvalue weighted by Gasteiger charge is 2.24. The summed E-state index contributed by atoms with van der Waals surface area (Å²) < 4.78 is 5.98. The minimum atomic E-state index is -0.917. The number of methoxy groups -OCH3 is 1. The summed E-state index contributed by atoms with van der Waals surface area (Å²) >= 11 is 0. The van der Waals surface area contributed by atoms with Gasteiger partial charge in [-0.3, -0.25) is 14.6 Å². The van der Waals surface area contributed by atoms with Gasteiger partial charge in [-0.05, 0) is 25.0 Å². The number of aromatic nitrogens is 2. The van der Waals surface area contributed by atoms with Gasteiger partial charge in [0.1, 0.15) is 5.75 Å². The Morgan fingerprint density at radius 3 is 2.69 bits per heavy atom. The lowest BCUT2D eigenvalue weighted by atomic mass is 9.95. The van der Waals surface area contributed by atoms with E-state index in [4.69, 9.17) is 4.74 Å². The summed E-state index contributed by atoms with van der Waals surface area (Å²) in [6, 6.07) is 6.35. The number of hydrogen-bond acceptors (Lipinski definition) is 5. The average Bonchev–Trinajstić information content (AvgIpc) is 2.62. The number of H-pyrrole nitrogens is 1. The second-order valence-electron chi connectivity index (χ2n) is 6.30. The Hall–Kier alpha value is -3.03. The summed E-state index contributed by atoms with van der Waals surface area (Å²) in [4.78, 5) is 39.0. The van der Waals surface area contributed by atoms with Crippen LogP contribution in [0.3, 0.4) is 0 Å². The van der Waals surface area contributed by atoms with Gasteiger partial charge in [-0.1, -0.05) is 25.3 Å². The molecular weight excluding hydrogens is 338 g/mol. The Morgan fingerprint density at radius 1 is 1.27 bits per heavy atom. The number of amides is 1. The van der Waals surface area contributed by atoms with Crippen molar-refractivity contribution in [1.82, 2.24) is 14.9 Å². The van der Waals surface area contributed by atoms with Crippen molar-refractivity contribution in [3.05, 3.63) is 50.7 Å². The number of aromatic amines is 1. The normalized spacial score (nSPS) is 14.8. The molecule has 0 unspecified atom stereocenters. The first-order chi connectivity index (χ1) is 12.5. The molecule has 0 spiro atoms. The van der Waals surface area contributed by atoms with Crippen molar-refractivity contribution < 1.29 is 14.6 Å². The number of carbonyl (C=O) groups excluding carboxylic acids is 1. The third-order valence-electron chi connectivity index (χ3n) is 4.56. The van der Waals surface area contributed by atoms with Gasteiger partial charge in [0, 0.05) is 12.1 Å². The predicted molar refractivity (Wildman–Crippen MR) is 95.2 cm³/mol. The minimum absolute atomic E-state index is 0.0350. The Bertz CT molecular complexity index is 925. The molecule has 1 aromatic heterocycles. The van der Waals surface area contributed by atoms with Crippen LogP contribution in [-0.2, 0) is 0 Å². The molecular formula is C18H21N3O5. The number of carbonyl (C=O) groups is 1. The maximum Gasteiger partial charge on any atom is 0.335 e. The number of rotatable bonds is 4. The van der Waals surface area contributed by atoms with E-state index in [1.807, 2.05) is 0 Å². The van der Waals surface area contributed by atoms with E-state index < -0.39 is 28.6 Å². The third-order valence-corrected chi connectivity index (χ3v) is 4.56. The molecule has 1 aliphatic rings. The molecule has 0 bridgehead atoms. The minimum Gasteiger partial charge on any atom is -0.497 e. The number of nitrogens with one attached hydrogen (secondary N) is 2.